The molecule has 0 spiro atoms. The number of rotatable bonds is 7. The number of anilines is 1. The van der Waals surface area contributed by atoms with Crippen molar-refractivity contribution in [2.24, 2.45) is 5.73 Å². The van der Waals surface area contributed by atoms with Crippen LogP contribution in [0.5, 0.6) is 0 Å². The van der Waals surface area contributed by atoms with Gasteiger partial charge in [-0.2, -0.15) is 0 Å². The van der Waals surface area contributed by atoms with E-state index < -0.39 is 11.6 Å². The molecular formula is C12H15F2N3O2S. The fourth-order valence-electron chi connectivity index (χ4n) is 1.41. The normalized spacial score (nSPS) is 10.2. The summed E-state index contributed by atoms with van der Waals surface area (Å²) < 4.78 is 32.0. The zero-order chi connectivity index (χ0) is 15.1. The lowest BCUT2D eigenvalue weighted by Gasteiger charge is -2.10. The molecule has 0 saturated carbocycles. The third-order valence-electron chi connectivity index (χ3n) is 2.42. The minimum Gasteiger partial charge on any atom is -0.389 e. The van der Waals surface area contributed by atoms with E-state index in [1.807, 2.05) is 0 Å². The predicted molar refractivity (Wildman–Crippen MR) is 75.6 cm³/mol. The summed E-state index contributed by atoms with van der Waals surface area (Å²) >= 11 is 4.59. The average Bonchev–Trinajstić information content (AvgIpc) is 2.40. The number of carbonyl (C=O) groups is 1. The Hall–Kier alpha value is -1.80. The number of thiocarbonyl (C=S) groups is 1. The Balaban J connectivity index is 2.63. The van der Waals surface area contributed by atoms with Gasteiger partial charge in [-0.15, -0.1) is 0 Å². The summed E-state index contributed by atoms with van der Waals surface area (Å²) in [7, 11) is 1.51. The van der Waals surface area contributed by atoms with Crippen LogP contribution < -0.4 is 16.4 Å². The van der Waals surface area contributed by atoms with Crippen LogP contribution in [-0.4, -0.2) is 37.7 Å². The number of hydrogen-bond acceptors (Lipinski definition) is 4. The van der Waals surface area contributed by atoms with Crippen molar-refractivity contribution in [2.75, 3.05) is 32.1 Å². The fourth-order valence-corrected chi connectivity index (χ4v) is 1.56. The van der Waals surface area contributed by atoms with Gasteiger partial charge in [0.15, 0.2) is 11.6 Å². The van der Waals surface area contributed by atoms with E-state index in [2.05, 4.69) is 22.9 Å². The van der Waals surface area contributed by atoms with E-state index in [4.69, 9.17) is 10.5 Å². The van der Waals surface area contributed by atoms with Gasteiger partial charge in [-0.3, -0.25) is 4.79 Å². The third-order valence-corrected chi connectivity index (χ3v) is 2.64. The van der Waals surface area contributed by atoms with Crippen molar-refractivity contribution in [2.45, 2.75) is 0 Å². The smallest absolute Gasteiger partial charge is 0.239 e. The van der Waals surface area contributed by atoms with Crippen molar-refractivity contribution < 1.29 is 18.3 Å². The summed E-state index contributed by atoms with van der Waals surface area (Å²) in [5, 5.41) is 5.03. The van der Waals surface area contributed by atoms with Crippen molar-refractivity contribution in [3.05, 3.63) is 29.3 Å². The zero-order valence-corrected chi connectivity index (χ0v) is 11.7. The molecule has 20 heavy (non-hydrogen) atoms. The van der Waals surface area contributed by atoms with Crippen LogP contribution in [0.3, 0.4) is 0 Å². The number of methoxy groups -OCH3 is 1. The van der Waals surface area contributed by atoms with Crippen molar-refractivity contribution in [1.82, 2.24) is 5.32 Å². The highest BCUT2D eigenvalue weighted by atomic mass is 32.1. The second-order valence-corrected chi connectivity index (χ2v) is 4.29. The van der Waals surface area contributed by atoms with Gasteiger partial charge in [0.25, 0.3) is 0 Å². The lowest BCUT2D eigenvalue weighted by molar-refractivity contribution is -0.119. The highest BCUT2D eigenvalue weighted by Gasteiger charge is 2.15. The van der Waals surface area contributed by atoms with Gasteiger partial charge in [0.2, 0.25) is 5.91 Å². The second-order valence-electron chi connectivity index (χ2n) is 3.85. The van der Waals surface area contributed by atoms with Crippen LogP contribution >= 0.6 is 12.2 Å². The van der Waals surface area contributed by atoms with E-state index in [9.17, 15) is 13.6 Å². The van der Waals surface area contributed by atoms with Crippen LogP contribution in [0, 0.1) is 11.6 Å². The molecule has 1 aromatic carbocycles. The number of ether oxygens (including phenoxy) is 1. The summed E-state index contributed by atoms with van der Waals surface area (Å²) in [6.07, 6.45) is 0. The number of halogens is 2. The Morgan fingerprint density at radius 1 is 1.40 bits per heavy atom. The van der Waals surface area contributed by atoms with Gasteiger partial charge < -0.3 is 21.1 Å². The number of benzene rings is 1. The molecule has 8 heteroatoms. The molecule has 0 aliphatic rings. The predicted octanol–water partition coefficient (Wildman–Crippen LogP) is 0.773. The lowest BCUT2D eigenvalue weighted by atomic mass is 10.2. The summed E-state index contributed by atoms with van der Waals surface area (Å²) in [6.45, 7) is 0.526. The zero-order valence-electron chi connectivity index (χ0n) is 10.8. The maximum absolute atomic E-state index is 13.7. The van der Waals surface area contributed by atoms with Crippen LogP contribution in [-0.2, 0) is 9.53 Å². The first-order valence-corrected chi connectivity index (χ1v) is 6.15. The Morgan fingerprint density at radius 2 is 2.10 bits per heavy atom. The van der Waals surface area contributed by atoms with Gasteiger partial charge >= 0.3 is 0 Å². The minimum absolute atomic E-state index is 0.135. The second kappa shape index (κ2) is 7.71. The molecule has 0 aliphatic carbocycles. The van der Waals surface area contributed by atoms with E-state index in [1.54, 1.807) is 0 Å². The molecule has 4 N–H and O–H groups in total. The van der Waals surface area contributed by atoms with Crippen LogP contribution in [0.2, 0.25) is 0 Å². The van der Waals surface area contributed by atoms with E-state index >= 15 is 0 Å². The number of hydrogen-bond donors (Lipinski definition) is 3. The van der Waals surface area contributed by atoms with Crippen LogP contribution in [0.25, 0.3) is 0 Å². The molecule has 0 aliphatic heterocycles. The van der Waals surface area contributed by atoms with Crippen LogP contribution in [0.15, 0.2) is 12.1 Å². The van der Waals surface area contributed by atoms with Crippen molar-refractivity contribution in [1.29, 1.82) is 0 Å². The van der Waals surface area contributed by atoms with Gasteiger partial charge in [0.1, 0.15) is 4.99 Å². The summed E-state index contributed by atoms with van der Waals surface area (Å²) in [4.78, 5) is 11.1. The molecule has 0 atom stereocenters. The number of nitrogens with two attached hydrogens (primary N) is 1. The number of carbonyl (C=O) groups excluding carboxylic acids is 1. The molecule has 0 radical (unpaired) electrons. The average molecular weight is 303 g/mol. The lowest BCUT2D eigenvalue weighted by Crippen LogP contribution is -2.32. The molecule has 0 aromatic heterocycles. The molecule has 5 nitrogen and oxygen atoms in total. The fraction of sp³-hybridized carbons (Fsp3) is 0.333. The van der Waals surface area contributed by atoms with Crippen molar-refractivity contribution >= 4 is 28.8 Å². The largest absolute Gasteiger partial charge is 0.389 e. The summed E-state index contributed by atoms with van der Waals surface area (Å²) in [5.41, 5.74) is 4.94. The summed E-state index contributed by atoms with van der Waals surface area (Å²) in [5.74, 6) is -2.62. The first-order chi connectivity index (χ1) is 9.47. The topological polar surface area (TPSA) is 76.4 Å². The molecule has 0 unspecified atom stereocenters. The van der Waals surface area contributed by atoms with E-state index in [0.717, 1.165) is 0 Å². The van der Waals surface area contributed by atoms with Gasteiger partial charge in [-0.1, -0.05) is 12.2 Å². The number of nitrogens with one attached hydrogen (secondary N) is 2. The standard InChI is InChI=1S/C12H15F2N3O2S/c1-19-5-4-16-9(18)6-17-8-3-2-7(12(15)20)10(13)11(8)14/h2-3,17H,4-6H2,1H3,(H2,15,20)(H,16,18). The third kappa shape index (κ3) is 4.39. The van der Waals surface area contributed by atoms with Gasteiger partial charge in [-0.05, 0) is 12.1 Å². The molecule has 1 aromatic rings. The molecule has 0 fully saturated rings. The highest BCUT2D eigenvalue weighted by Crippen LogP contribution is 2.20. The Bertz CT molecular complexity index is 512. The Morgan fingerprint density at radius 3 is 2.70 bits per heavy atom. The van der Waals surface area contributed by atoms with Gasteiger partial charge in [0, 0.05) is 19.2 Å². The monoisotopic (exact) mass is 303 g/mol. The molecule has 0 bridgehead atoms. The van der Waals surface area contributed by atoms with E-state index in [1.165, 1.54) is 19.2 Å². The SMILES string of the molecule is COCCNC(=O)CNc1ccc(C(N)=S)c(F)c1F. The molecule has 1 amide bonds. The van der Waals surface area contributed by atoms with Gasteiger partial charge in [-0.25, -0.2) is 8.78 Å². The molecule has 110 valence electrons. The van der Waals surface area contributed by atoms with Crippen molar-refractivity contribution in [3.63, 3.8) is 0 Å². The van der Waals surface area contributed by atoms with Crippen molar-refractivity contribution in [3.8, 4) is 0 Å². The van der Waals surface area contributed by atoms with E-state index in [-0.39, 0.29) is 28.7 Å². The quantitative estimate of drug-likeness (QED) is 0.512. The van der Waals surface area contributed by atoms with Crippen LogP contribution in [0.4, 0.5) is 14.5 Å². The van der Waals surface area contributed by atoms with Crippen LogP contribution in [0.1, 0.15) is 5.56 Å². The van der Waals surface area contributed by atoms with E-state index in [0.29, 0.717) is 13.2 Å². The molecule has 0 saturated heterocycles. The molecule has 0 heterocycles. The molecule has 1 rings (SSSR count). The Kier molecular flexibility index (Phi) is 6.26. The maximum atomic E-state index is 13.7. The Labute approximate surface area is 120 Å². The molecular weight excluding hydrogens is 288 g/mol. The first-order valence-electron chi connectivity index (χ1n) is 5.74. The first kappa shape index (κ1) is 16.3. The summed E-state index contributed by atoms with van der Waals surface area (Å²) in [6, 6.07) is 2.53. The minimum atomic E-state index is -1.14. The van der Waals surface area contributed by atoms with Gasteiger partial charge in [0.05, 0.1) is 18.8 Å². The number of amides is 1. The maximum Gasteiger partial charge on any atom is 0.239 e. The highest BCUT2D eigenvalue weighted by molar-refractivity contribution is 7.80.